The Balaban J connectivity index is 2.46. The first kappa shape index (κ1) is 9.19. The number of hydrogen-bond acceptors (Lipinski definition) is 3. The normalized spacial score (nSPS) is 10.6. The molecule has 0 atom stereocenters. The van der Waals surface area contributed by atoms with Crippen molar-refractivity contribution in [2.45, 2.75) is 20.3 Å². The van der Waals surface area contributed by atoms with Gasteiger partial charge in [0.1, 0.15) is 11.6 Å². The number of aromatic nitrogens is 3. The molecule has 0 aromatic carbocycles. The zero-order valence-electron chi connectivity index (χ0n) is 7.96. The van der Waals surface area contributed by atoms with Crippen LogP contribution in [0.5, 0.6) is 0 Å². The molecule has 0 unspecified atom stereocenters. The highest BCUT2D eigenvalue weighted by Gasteiger charge is 2.02. The lowest BCUT2D eigenvalue weighted by molar-refractivity contribution is 0.671. The van der Waals surface area contributed by atoms with Crippen LogP contribution in [-0.2, 0) is 13.5 Å². The fourth-order valence-electron chi connectivity index (χ4n) is 1.05. The second-order valence-corrected chi connectivity index (χ2v) is 2.83. The summed E-state index contributed by atoms with van der Waals surface area (Å²) in [7, 11) is 2.00. The van der Waals surface area contributed by atoms with Gasteiger partial charge in [-0.15, -0.1) is 10.2 Å². The van der Waals surface area contributed by atoms with Gasteiger partial charge in [0.05, 0.1) is 0 Å². The Morgan fingerprint density at radius 2 is 2.17 bits per heavy atom. The molecule has 1 rings (SSSR count). The molecular formula is C8H16N4. The van der Waals surface area contributed by atoms with E-state index in [1.165, 1.54) is 0 Å². The summed E-state index contributed by atoms with van der Waals surface area (Å²) in [6.45, 7) is 6.05. The van der Waals surface area contributed by atoms with E-state index < -0.39 is 0 Å². The molecule has 68 valence electrons. The first-order valence-electron chi connectivity index (χ1n) is 4.31. The van der Waals surface area contributed by atoms with E-state index in [0.717, 1.165) is 31.2 Å². The van der Waals surface area contributed by atoms with Gasteiger partial charge in [0.25, 0.3) is 0 Å². The Labute approximate surface area is 73.0 Å². The first-order chi connectivity index (χ1) is 5.75. The van der Waals surface area contributed by atoms with Gasteiger partial charge in [0.2, 0.25) is 0 Å². The van der Waals surface area contributed by atoms with Crippen molar-refractivity contribution in [2.24, 2.45) is 7.05 Å². The number of nitrogens with zero attached hydrogens (tertiary/aromatic N) is 3. The van der Waals surface area contributed by atoms with Gasteiger partial charge in [-0.2, -0.15) is 0 Å². The number of hydrogen-bond donors (Lipinski definition) is 1. The van der Waals surface area contributed by atoms with E-state index in [4.69, 9.17) is 0 Å². The fraction of sp³-hybridized carbons (Fsp3) is 0.750. The van der Waals surface area contributed by atoms with Gasteiger partial charge in [-0.05, 0) is 13.5 Å². The third-order valence-corrected chi connectivity index (χ3v) is 1.96. The molecule has 4 nitrogen and oxygen atoms in total. The van der Waals surface area contributed by atoms with Gasteiger partial charge < -0.3 is 9.88 Å². The van der Waals surface area contributed by atoms with Crippen molar-refractivity contribution in [3.05, 3.63) is 11.6 Å². The van der Waals surface area contributed by atoms with E-state index in [-0.39, 0.29) is 0 Å². The minimum Gasteiger partial charge on any atom is -0.318 e. The molecule has 1 aromatic rings. The Morgan fingerprint density at radius 3 is 2.67 bits per heavy atom. The lowest BCUT2D eigenvalue weighted by Crippen LogP contribution is -2.17. The maximum Gasteiger partial charge on any atom is 0.134 e. The maximum absolute atomic E-state index is 4.06. The molecule has 0 bridgehead atoms. The summed E-state index contributed by atoms with van der Waals surface area (Å²) in [4.78, 5) is 0. The summed E-state index contributed by atoms with van der Waals surface area (Å²) in [6.07, 6.45) is 0.950. The number of nitrogens with one attached hydrogen (secondary N) is 1. The lowest BCUT2D eigenvalue weighted by atomic mass is 10.4. The summed E-state index contributed by atoms with van der Waals surface area (Å²) in [5, 5.41) is 11.3. The van der Waals surface area contributed by atoms with E-state index in [0.29, 0.717) is 0 Å². The van der Waals surface area contributed by atoms with Gasteiger partial charge in [-0.1, -0.05) is 6.92 Å². The van der Waals surface area contributed by atoms with Crippen LogP contribution in [0, 0.1) is 6.92 Å². The summed E-state index contributed by atoms with van der Waals surface area (Å²) >= 11 is 0. The van der Waals surface area contributed by atoms with Crippen LogP contribution in [0.2, 0.25) is 0 Å². The van der Waals surface area contributed by atoms with Crippen LogP contribution in [0.25, 0.3) is 0 Å². The van der Waals surface area contributed by atoms with Gasteiger partial charge >= 0.3 is 0 Å². The van der Waals surface area contributed by atoms with Gasteiger partial charge in [-0.3, -0.25) is 0 Å². The monoisotopic (exact) mass is 168 g/mol. The number of likely N-dealkylation sites (N-methyl/N-ethyl adjacent to an activating group) is 1. The molecule has 1 aromatic heterocycles. The van der Waals surface area contributed by atoms with Crippen molar-refractivity contribution in [3.8, 4) is 0 Å². The Kier molecular flexibility index (Phi) is 3.22. The SMILES string of the molecule is CCNCCc1nnc(C)n1C. The molecule has 0 aliphatic heterocycles. The van der Waals surface area contributed by atoms with Crippen LogP contribution in [0.3, 0.4) is 0 Å². The highest BCUT2D eigenvalue weighted by molar-refractivity contribution is 4.92. The van der Waals surface area contributed by atoms with E-state index in [1.807, 2.05) is 18.5 Å². The lowest BCUT2D eigenvalue weighted by Gasteiger charge is -2.01. The Hall–Kier alpha value is -0.900. The summed E-state index contributed by atoms with van der Waals surface area (Å²) in [6, 6.07) is 0. The molecule has 0 saturated heterocycles. The molecule has 0 radical (unpaired) electrons. The molecule has 0 fully saturated rings. The van der Waals surface area contributed by atoms with Crippen LogP contribution >= 0.6 is 0 Å². The predicted molar refractivity (Wildman–Crippen MR) is 48.0 cm³/mol. The summed E-state index contributed by atoms with van der Waals surface area (Å²) in [5.74, 6) is 2.02. The van der Waals surface area contributed by atoms with Crippen molar-refractivity contribution in [1.82, 2.24) is 20.1 Å². The van der Waals surface area contributed by atoms with Gasteiger partial charge in [-0.25, -0.2) is 0 Å². The van der Waals surface area contributed by atoms with Crippen molar-refractivity contribution in [3.63, 3.8) is 0 Å². The van der Waals surface area contributed by atoms with Crippen molar-refractivity contribution in [1.29, 1.82) is 0 Å². The number of rotatable bonds is 4. The fourth-order valence-corrected chi connectivity index (χ4v) is 1.05. The first-order valence-corrected chi connectivity index (χ1v) is 4.31. The minimum absolute atomic E-state index is 0.950. The topological polar surface area (TPSA) is 42.7 Å². The second-order valence-electron chi connectivity index (χ2n) is 2.83. The number of aryl methyl sites for hydroxylation is 1. The zero-order valence-corrected chi connectivity index (χ0v) is 7.96. The molecular weight excluding hydrogens is 152 g/mol. The molecule has 12 heavy (non-hydrogen) atoms. The molecule has 4 heteroatoms. The molecule has 0 aliphatic rings. The molecule has 1 N–H and O–H groups in total. The predicted octanol–water partition coefficient (Wildman–Crippen LogP) is 0.276. The van der Waals surface area contributed by atoms with Crippen LogP contribution in [-0.4, -0.2) is 27.9 Å². The second kappa shape index (κ2) is 4.21. The third-order valence-electron chi connectivity index (χ3n) is 1.96. The molecule has 0 amide bonds. The van der Waals surface area contributed by atoms with E-state index in [2.05, 4.69) is 22.4 Å². The van der Waals surface area contributed by atoms with Crippen molar-refractivity contribution in [2.75, 3.05) is 13.1 Å². The van der Waals surface area contributed by atoms with Crippen LogP contribution < -0.4 is 5.32 Å². The van der Waals surface area contributed by atoms with E-state index >= 15 is 0 Å². The van der Waals surface area contributed by atoms with E-state index in [1.54, 1.807) is 0 Å². The van der Waals surface area contributed by atoms with Gasteiger partial charge in [0.15, 0.2) is 0 Å². The third kappa shape index (κ3) is 2.04. The minimum atomic E-state index is 0.950. The van der Waals surface area contributed by atoms with Crippen LogP contribution in [0.1, 0.15) is 18.6 Å². The Bertz CT molecular complexity index is 241. The average molecular weight is 168 g/mol. The maximum atomic E-state index is 4.06. The molecule has 0 spiro atoms. The quantitative estimate of drug-likeness (QED) is 0.656. The van der Waals surface area contributed by atoms with Crippen LogP contribution in [0.4, 0.5) is 0 Å². The zero-order chi connectivity index (χ0) is 8.97. The van der Waals surface area contributed by atoms with Crippen LogP contribution in [0.15, 0.2) is 0 Å². The highest BCUT2D eigenvalue weighted by Crippen LogP contribution is 1.96. The van der Waals surface area contributed by atoms with Gasteiger partial charge in [0, 0.05) is 20.0 Å². The van der Waals surface area contributed by atoms with Crippen molar-refractivity contribution < 1.29 is 0 Å². The summed E-state index contributed by atoms with van der Waals surface area (Å²) in [5.41, 5.74) is 0. The molecule has 0 saturated carbocycles. The van der Waals surface area contributed by atoms with Crippen molar-refractivity contribution >= 4 is 0 Å². The smallest absolute Gasteiger partial charge is 0.134 e. The highest BCUT2D eigenvalue weighted by atomic mass is 15.3. The molecule has 1 heterocycles. The standard InChI is InChI=1S/C8H16N4/c1-4-9-6-5-8-11-10-7(2)12(8)3/h9H,4-6H2,1-3H3. The summed E-state index contributed by atoms with van der Waals surface area (Å²) < 4.78 is 2.03. The van der Waals surface area contributed by atoms with E-state index in [9.17, 15) is 0 Å². The average Bonchev–Trinajstić information content (AvgIpc) is 2.36. The Morgan fingerprint density at radius 1 is 1.42 bits per heavy atom. The largest absolute Gasteiger partial charge is 0.318 e. The molecule has 0 aliphatic carbocycles.